The topological polar surface area (TPSA) is 95.1 Å². The Labute approximate surface area is 114 Å². The van der Waals surface area contributed by atoms with Crippen LogP contribution < -0.4 is 5.43 Å². The van der Waals surface area contributed by atoms with Crippen LogP contribution in [-0.4, -0.2) is 22.3 Å². The third-order valence-corrected chi connectivity index (χ3v) is 2.36. The molecule has 102 valence electrons. The molecule has 0 saturated heterocycles. The molecule has 1 aromatic heterocycles. The molecule has 0 spiro atoms. The van der Waals surface area contributed by atoms with Gasteiger partial charge in [-0.05, 0) is 36.4 Å². The lowest BCUT2D eigenvalue weighted by Crippen LogP contribution is -2.17. The highest BCUT2D eigenvalue weighted by molar-refractivity contribution is 5.97. The summed E-state index contributed by atoms with van der Waals surface area (Å²) in [5.41, 5.74) is 2.27. The first kappa shape index (κ1) is 13.4. The highest BCUT2D eigenvalue weighted by Gasteiger charge is 2.10. The van der Waals surface area contributed by atoms with Crippen LogP contribution in [0.2, 0.25) is 0 Å². The number of nitrogens with one attached hydrogen (secondary N) is 1. The summed E-state index contributed by atoms with van der Waals surface area (Å²) in [7, 11) is 0. The van der Waals surface area contributed by atoms with Crippen LogP contribution in [0.5, 0.6) is 11.5 Å². The third kappa shape index (κ3) is 3.49. The maximum atomic E-state index is 11.7. The number of allylic oxidation sites excluding steroid dienone is 1. The summed E-state index contributed by atoms with van der Waals surface area (Å²) < 4.78 is 5.06. The Bertz CT molecular complexity index is 645. The standard InChI is InChI=1S/C14H12N2O4/c17-10-5-6-12(13(18)9-10)14(19)16-15-7-1-3-11-4-2-8-20-11/h1-9,17-18H,(H,16,19). The normalized spacial score (nSPS) is 11.2. The summed E-state index contributed by atoms with van der Waals surface area (Å²) in [6.45, 7) is 0. The van der Waals surface area contributed by atoms with Crippen molar-refractivity contribution in [3.05, 3.63) is 54.0 Å². The van der Waals surface area contributed by atoms with Crippen molar-refractivity contribution in [1.29, 1.82) is 0 Å². The predicted molar refractivity (Wildman–Crippen MR) is 73.5 cm³/mol. The SMILES string of the molecule is O=C(NN=CC=Cc1ccco1)c1ccc(O)cc1O. The van der Waals surface area contributed by atoms with Gasteiger partial charge in [0, 0.05) is 12.3 Å². The smallest absolute Gasteiger partial charge is 0.275 e. The molecule has 1 heterocycles. The molecule has 0 fully saturated rings. The maximum absolute atomic E-state index is 11.7. The Kier molecular flexibility index (Phi) is 4.18. The first-order valence-electron chi connectivity index (χ1n) is 5.72. The van der Waals surface area contributed by atoms with E-state index in [9.17, 15) is 9.90 Å². The van der Waals surface area contributed by atoms with Crippen LogP contribution in [0.15, 0.2) is 52.2 Å². The number of amides is 1. The number of carbonyl (C=O) groups is 1. The quantitative estimate of drug-likeness (QED) is 0.587. The Morgan fingerprint density at radius 1 is 1.30 bits per heavy atom. The van der Waals surface area contributed by atoms with Gasteiger partial charge in [-0.25, -0.2) is 5.43 Å². The van der Waals surface area contributed by atoms with E-state index in [1.54, 1.807) is 30.5 Å². The molecule has 2 rings (SSSR count). The van der Waals surface area contributed by atoms with Crippen LogP contribution in [-0.2, 0) is 0 Å². The third-order valence-electron chi connectivity index (χ3n) is 2.36. The molecule has 0 aliphatic rings. The monoisotopic (exact) mass is 272 g/mol. The van der Waals surface area contributed by atoms with Crippen LogP contribution in [0.3, 0.4) is 0 Å². The van der Waals surface area contributed by atoms with Gasteiger partial charge < -0.3 is 14.6 Å². The zero-order chi connectivity index (χ0) is 14.4. The lowest BCUT2D eigenvalue weighted by Gasteiger charge is -2.02. The average Bonchev–Trinajstić information content (AvgIpc) is 2.91. The number of hydrogen-bond acceptors (Lipinski definition) is 5. The summed E-state index contributed by atoms with van der Waals surface area (Å²) in [4.78, 5) is 11.7. The summed E-state index contributed by atoms with van der Waals surface area (Å²) in [5, 5.41) is 22.3. The lowest BCUT2D eigenvalue weighted by molar-refractivity contribution is 0.0952. The average molecular weight is 272 g/mol. The van der Waals surface area contributed by atoms with E-state index in [1.807, 2.05) is 0 Å². The van der Waals surface area contributed by atoms with Gasteiger partial charge in [-0.1, -0.05) is 0 Å². The fourth-order valence-electron chi connectivity index (χ4n) is 1.44. The Morgan fingerprint density at radius 2 is 2.15 bits per heavy atom. The highest BCUT2D eigenvalue weighted by Crippen LogP contribution is 2.22. The molecule has 0 unspecified atom stereocenters. The number of phenolic OH excluding ortho intramolecular Hbond substituents is 2. The van der Waals surface area contributed by atoms with E-state index in [0.29, 0.717) is 5.76 Å². The second-order valence-electron chi connectivity index (χ2n) is 3.80. The molecule has 0 aliphatic heterocycles. The number of hydrogen-bond donors (Lipinski definition) is 3. The molecule has 6 nitrogen and oxygen atoms in total. The van der Waals surface area contributed by atoms with Gasteiger partial charge in [0.15, 0.2) is 0 Å². The van der Waals surface area contributed by atoms with Gasteiger partial charge in [0.2, 0.25) is 0 Å². The van der Waals surface area contributed by atoms with Gasteiger partial charge in [-0.3, -0.25) is 4.79 Å². The van der Waals surface area contributed by atoms with Crippen LogP contribution in [0, 0.1) is 0 Å². The number of nitrogens with zero attached hydrogens (tertiary/aromatic N) is 1. The van der Waals surface area contributed by atoms with E-state index in [4.69, 9.17) is 9.52 Å². The summed E-state index contributed by atoms with van der Waals surface area (Å²) in [5.74, 6) is -0.350. The van der Waals surface area contributed by atoms with E-state index in [0.717, 1.165) is 6.07 Å². The second-order valence-corrected chi connectivity index (χ2v) is 3.80. The van der Waals surface area contributed by atoms with E-state index >= 15 is 0 Å². The summed E-state index contributed by atoms with van der Waals surface area (Å²) >= 11 is 0. The number of benzene rings is 1. The van der Waals surface area contributed by atoms with Crippen molar-refractivity contribution in [3.63, 3.8) is 0 Å². The molecule has 0 atom stereocenters. The van der Waals surface area contributed by atoms with Gasteiger partial charge in [0.25, 0.3) is 5.91 Å². The molecule has 3 N–H and O–H groups in total. The number of rotatable bonds is 4. The highest BCUT2D eigenvalue weighted by atomic mass is 16.3. The minimum absolute atomic E-state index is 0.0231. The van der Waals surface area contributed by atoms with Crippen molar-refractivity contribution in [1.82, 2.24) is 5.43 Å². The maximum Gasteiger partial charge on any atom is 0.275 e. The second kappa shape index (κ2) is 6.24. The number of hydrazone groups is 1. The van der Waals surface area contributed by atoms with Gasteiger partial charge in [-0.2, -0.15) is 5.10 Å². The van der Waals surface area contributed by atoms with E-state index < -0.39 is 5.91 Å². The van der Waals surface area contributed by atoms with Gasteiger partial charge in [0.05, 0.1) is 11.8 Å². The molecule has 1 aromatic carbocycles. The molecule has 0 radical (unpaired) electrons. The van der Waals surface area contributed by atoms with Crippen LogP contribution in [0.1, 0.15) is 16.1 Å². The first-order valence-corrected chi connectivity index (χ1v) is 5.72. The largest absolute Gasteiger partial charge is 0.508 e. The zero-order valence-electron chi connectivity index (χ0n) is 10.4. The number of carbonyl (C=O) groups excluding carboxylic acids is 1. The Hall–Kier alpha value is -3.02. The predicted octanol–water partition coefficient (Wildman–Crippen LogP) is 2.12. The van der Waals surface area contributed by atoms with Gasteiger partial charge >= 0.3 is 0 Å². The van der Waals surface area contributed by atoms with Crippen LogP contribution in [0.4, 0.5) is 0 Å². The van der Waals surface area contributed by atoms with Crippen molar-refractivity contribution in [2.75, 3.05) is 0 Å². The molecular formula is C14H12N2O4. The molecule has 2 aromatic rings. The Morgan fingerprint density at radius 3 is 2.85 bits per heavy atom. The van der Waals surface area contributed by atoms with Crippen molar-refractivity contribution < 1.29 is 19.4 Å². The van der Waals surface area contributed by atoms with Crippen LogP contribution in [0.25, 0.3) is 6.08 Å². The number of aromatic hydroxyl groups is 2. The fourth-order valence-corrected chi connectivity index (χ4v) is 1.44. The van der Waals surface area contributed by atoms with Crippen molar-refractivity contribution in [2.24, 2.45) is 5.10 Å². The molecule has 0 bridgehead atoms. The lowest BCUT2D eigenvalue weighted by atomic mass is 10.2. The van der Waals surface area contributed by atoms with Gasteiger partial charge in [-0.15, -0.1) is 0 Å². The van der Waals surface area contributed by atoms with E-state index in [1.165, 1.54) is 18.3 Å². The van der Waals surface area contributed by atoms with Crippen LogP contribution >= 0.6 is 0 Å². The fraction of sp³-hybridized carbons (Fsp3) is 0. The van der Waals surface area contributed by atoms with Crippen molar-refractivity contribution in [2.45, 2.75) is 0 Å². The van der Waals surface area contributed by atoms with E-state index in [-0.39, 0.29) is 17.1 Å². The summed E-state index contributed by atoms with van der Waals surface area (Å²) in [6.07, 6.45) is 6.19. The number of furan rings is 1. The zero-order valence-corrected chi connectivity index (χ0v) is 10.4. The van der Waals surface area contributed by atoms with Crippen molar-refractivity contribution in [3.8, 4) is 11.5 Å². The van der Waals surface area contributed by atoms with E-state index in [2.05, 4.69) is 10.5 Å². The number of phenols is 2. The molecule has 0 aliphatic carbocycles. The minimum Gasteiger partial charge on any atom is -0.508 e. The molecular weight excluding hydrogens is 260 g/mol. The molecule has 20 heavy (non-hydrogen) atoms. The van der Waals surface area contributed by atoms with Crippen molar-refractivity contribution >= 4 is 18.2 Å². The first-order chi connectivity index (χ1) is 9.66. The minimum atomic E-state index is -0.579. The Balaban J connectivity index is 1.92. The molecule has 0 saturated carbocycles. The van der Waals surface area contributed by atoms with Gasteiger partial charge in [0.1, 0.15) is 17.3 Å². The molecule has 6 heteroatoms. The summed E-state index contributed by atoms with van der Waals surface area (Å²) in [6, 6.07) is 7.21. The molecule has 1 amide bonds.